The minimum atomic E-state index is -0.861. The van der Waals surface area contributed by atoms with E-state index in [-0.39, 0.29) is 23.7 Å². The smallest absolute Gasteiger partial charge is 0.232 e. The Bertz CT molecular complexity index is 893. The number of aromatic nitrogens is 3. The molecule has 3 aromatic rings. The van der Waals surface area contributed by atoms with Crippen molar-refractivity contribution in [2.75, 3.05) is 5.32 Å². The van der Waals surface area contributed by atoms with Crippen molar-refractivity contribution in [3.63, 3.8) is 0 Å². The lowest BCUT2D eigenvalue weighted by Crippen LogP contribution is -2.16. The van der Waals surface area contributed by atoms with Crippen LogP contribution in [0.1, 0.15) is 17.2 Å². The van der Waals surface area contributed by atoms with E-state index in [4.69, 9.17) is 0 Å². The maximum atomic E-state index is 13.5. The molecule has 2 N–H and O–H groups in total. The van der Waals surface area contributed by atoms with Crippen LogP contribution in [0.25, 0.3) is 0 Å². The van der Waals surface area contributed by atoms with Gasteiger partial charge < -0.3 is 5.32 Å². The largest absolute Gasteiger partial charge is 0.323 e. The fourth-order valence-electron chi connectivity index (χ4n) is 2.22. The summed E-state index contributed by atoms with van der Waals surface area (Å²) in [6, 6.07) is 8.81. The number of benzene rings is 2. The number of nitrogens with one attached hydrogen (secondary N) is 2. The Morgan fingerprint density at radius 2 is 1.76 bits per heavy atom. The molecule has 0 unspecified atom stereocenters. The van der Waals surface area contributed by atoms with E-state index in [1.807, 2.05) is 0 Å². The topological polar surface area (TPSA) is 70.7 Å². The zero-order chi connectivity index (χ0) is 17.8. The van der Waals surface area contributed by atoms with Gasteiger partial charge in [-0.25, -0.2) is 18.2 Å². The molecule has 0 saturated heterocycles. The Balaban J connectivity index is 1.60. The Morgan fingerprint density at radius 1 is 1.04 bits per heavy atom. The fourth-order valence-corrected chi connectivity index (χ4v) is 2.22. The highest BCUT2D eigenvalue weighted by atomic mass is 19.1. The Morgan fingerprint density at radius 3 is 2.48 bits per heavy atom. The number of aromatic amines is 1. The number of H-pyrrole nitrogens is 1. The molecule has 0 aliphatic carbocycles. The molecule has 1 aromatic heterocycles. The molecule has 0 radical (unpaired) electrons. The first-order valence-corrected chi connectivity index (χ1v) is 7.39. The van der Waals surface area contributed by atoms with E-state index in [0.29, 0.717) is 18.3 Å². The third kappa shape index (κ3) is 4.43. The summed E-state index contributed by atoms with van der Waals surface area (Å²) < 4.78 is 39.2. The molecule has 0 saturated carbocycles. The van der Waals surface area contributed by atoms with Gasteiger partial charge in [-0.2, -0.15) is 5.10 Å². The Hall–Kier alpha value is -3.16. The van der Waals surface area contributed by atoms with Crippen molar-refractivity contribution in [1.82, 2.24) is 15.2 Å². The molecular formula is C17H13F3N4O. The summed E-state index contributed by atoms with van der Waals surface area (Å²) in [6.07, 6.45) is 0.234. The van der Waals surface area contributed by atoms with Crippen LogP contribution in [0.2, 0.25) is 0 Å². The molecule has 25 heavy (non-hydrogen) atoms. The van der Waals surface area contributed by atoms with Crippen LogP contribution in [0.5, 0.6) is 0 Å². The number of carbonyl (C=O) groups excluding carboxylic acids is 1. The Kier molecular flexibility index (Phi) is 4.78. The van der Waals surface area contributed by atoms with Crippen LogP contribution in [-0.2, 0) is 17.6 Å². The van der Waals surface area contributed by atoms with Gasteiger partial charge >= 0.3 is 0 Å². The second-order valence-electron chi connectivity index (χ2n) is 5.35. The van der Waals surface area contributed by atoms with E-state index >= 15 is 0 Å². The maximum absolute atomic E-state index is 13.5. The molecule has 0 aliphatic rings. The van der Waals surface area contributed by atoms with Crippen LogP contribution in [0, 0.1) is 17.5 Å². The van der Waals surface area contributed by atoms with Gasteiger partial charge in [0.05, 0.1) is 12.1 Å². The van der Waals surface area contributed by atoms with Crippen molar-refractivity contribution in [3.05, 3.63) is 77.1 Å². The minimum absolute atomic E-state index is 0.117. The lowest BCUT2D eigenvalue weighted by Gasteiger charge is -2.04. The molecule has 0 aliphatic heterocycles. The standard InChI is InChI=1S/C17H13F3N4O/c18-11-3-1-10(2-4-11)7-15-22-16(24-23-15)9-17(25)21-14-6-5-12(19)8-13(14)20/h1-6,8H,7,9H2,(H,21,25)(H,22,23,24). The first-order valence-electron chi connectivity index (χ1n) is 7.39. The summed E-state index contributed by atoms with van der Waals surface area (Å²) in [7, 11) is 0. The number of halogens is 3. The van der Waals surface area contributed by atoms with E-state index < -0.39 is 17.5 Å². The van der Waals surface area contributed by atoms with Gasteiger partial charge in [0, 0.05) is 12.5 Å². The third-order valence-corrected chi connectivity index (χ3v) is 3.39. The lowest BCUT2D eigenvalue weighted by molar-refractivity contribution is -0.115. The second-order valence-corrected chi connectivity index (χ2v) is 5.35. The van der Waals surface area contributed by atoms with Gasteiger partial charge in [-0.05, 0) is 29.8 Å². The quantitative estimate of drug-likeness (QED) is 0.746. The van der Waals surface area contributed by atoms with Crippen molar-refractivity contribution >= 4 is 11.6 Å². The summed E-state index contributed by atoms with van der Waals surface area (Å²) in [5, 5.41) is 8.96. The fraction of sp³-hybridized carbons (Fsp3) is 0.118. The average Bonchev–Trinajstić information content (AvgIpc) is 2.99. The van der Waals surface area contributed by atoms with E-state index in [0.717, 1.165) is 17.7 Å². The van der Waals surface area contributed by atoms with Crippen LogP contribution in [0.15, 0.2) is 42.5 Å². The zero-order valence-electron chi connectivity index (χ0n) is 12.9. The number of amides is 1. The second kappa shape index (κ2) is 7.16. The van der Waals surface area contributed by atoms with E-state index in [1.165, 1.54) is 12.1 Å². The van der Waals surface area contributed by atoms with Crippen LogP contribution in [0.4, 0.5) is 18.9 Å². The van der Waals surface area contributed by atoms with Gasteiger partial charge in [0.1, 0.15) is 23.3 Å². The van der Waals surface area contributed by atoms with Crippen LogP contribution in [-0.4, -0.2) is 21.1 Å². The van der Waals surface area contributed by atoms with Crippen molar-refractivity contribution in [2.45, 2.75) is 12.8 Å². The number of hydrogen-bond acceptors (Lipinski definition) is 3. The molecule has 2 aromatic carbocycles. The molecule has 0 atom stereocenters. The van der Waals surface area contributed by atoms with Crippen LogP contribution in [0.3, 0.4) is 0 Å². The molecule has 1 amide bonds. The highest BCUT2D eigenvalue weighted by Gasteiger charge is 2.12. The molecular weight excluding hydrogens is 333 g/mol. The molecule has 128 valence electrons. The van der Waals surface area contributed by atoms with Gasteiger partial charge in [-0.15, -0.1) is 0 Å². The number of rotatable bonds is 5. The van der Waals surface area contributed by atoms with Crippen LogP contribution >= 0.6 is 0 Å². The van der Waals surface area contributed by atoms with Gasteiger partial charge in [-0.3, -0.25) is 9.89 Å². The maximum Gasteiger partial charge on any atom is 0.232 e. The highest BCUT2D eigenvalue weighted by Crippen LogP contribution is 2.15. The highest BCUT2D eigenvalue weighted by molar-refractivity contribution is 5.91. The normalized spacial score (nSPS) is 10.7. The summed E-state index contributed by atoms with van der Waals surface area (Å²) >= 11 is 0. The number of hydrogen-bond donors (Lipinski definition) is 2. The molecule has 0 fully saturated rings. The molecule has 8 heteroatoms. The van der Waals surface area contributed by atoms with Crippen molar-refractivity contribution in [3.8, 4) is 0 Å². The Labute approximate surface area is 140 Å². The van der Waals surface area contributed by atoms with Gasteiger partial charge in [-0.1, -0.05) is 12.1 Å². The van der Waals surface area contributed by atoms with Crippen molar-refractivity contribution in [1.29, 1.82) is 0 Å². The lowest BCUT2D eigenvalue weighted by atomic mass is 10.1. The number of nitrogens with zero attached hydrogens (tertiary/aromatic N) is 2. The summed E-state index contributed by atoms with van der Waals surface area (Å²) in [5.74, 6) is -1.70. The first-order chi connectivity index (χ1) is 12.0. The monoisotopic (exact) mass is 346 g/mol. The van der Waals surface area contributed by atoms with Crippen molar-refractivity contribution in [2.24, 2.45) is 0 Å². The predicted octanol–water partition coefficient (Wildman–Crippen LogP) is 2.99. The number of carbonyl (C=O) groups is 1. The van der Waals surface area contributed by atoms with E-state index in [9.17, 15) is 18.0 Å². The zero-order valence-corrected chi connectivity index (χ0v) is 12.9. The average molecular weight is 346 g/mol. The summed E-state index contributed by atoms with van der Waals surface area (Å²) in [5.41, 5.74) is 0.718. The SMILES string of the molecule is O=C(Cc1n[nH]c(Cc2ccc(F)cc2)n1)Nc1ccc(F)cc1F. The van der Waals surface area contributed by atoms with Crippen LogP contribution < -0.4 is 5.32 Å². The molecule has 0 spiro atoms. The summed E-state index contributed by atoms with van der Waals surface area (Å²) in [4.78, 5) is 16.1. The van der Waals surface area contributed by atoms with E-state index in [1.54, 1.807) is 12.1 Å². The minimum Gasteiger partial charge on any atom is -0.323 e. The van der Waals surface area contributed by atoms with Gasteiger partial charge in [0.2, 0.25) is 5.91 Å². The molecule has 5 nitrogen and oxygen atoms in total. The molecule has 0 bridgehead atoms. The van der Waals surface area contributed by atoms with Crippen molar-refractivity contribution < 1.29 is 18.0 Å². The summed E-state index contributed by atoms with van der Waals surface area (Å²) in [6.45, 7) is 0. The first kappa shape index (κ1) is 16.7. The molecule has 1 heterocycles. The van der Waals surface area contributed by atoms with Gasteiger partial charge in [0.15, 0.2) is 5.82 Å². The predicted molar refractivity (Wildman–Crippen MR) is 84.3 cm³/mol. The number of anilines is 1. The molecule has 3 rings (SSSR count). The third-order valence-electron chi connectivity index (χ3n) is 3.39. The van der Waals surface area contributed by atoms with E-state index in [2.05, 4.69) is 20.5 Å². The van der Waals surface area contributed by atoms with Gasteiger partial charge in [0.25, 0.3) is 0 Å².